The minimum atomic E-state index is 0.332. The van der Waals surface area contributed by atoms with E-state index in [0.717, 1.165) is 24.9 Å². The van der Waals surface area contributed by atoms with E-state index in [-0.39, 0.29) is 0 Å². The summed E-state index contributed by atoms with van der Waals surface area (Å²) >= 11 is 0. The molecule has 1 rings (SSSR count). The van der Waals surface area contributed by atoms with E-state index in [2.05, 4.69) is 26.0 Å². The summed E-state index contributed by atoms with van der Waals surface area (Å²) in [4.78, 5) is 0. The standard InChI is InChI=1S/C13H22N2/c1-10(2)13(15)5-3-4-11-6-8-12(14)9-7-11/h6-10,13H,3-5,14-15H2,1-2H3. The zero-order valence-electron chi connectivity index (χ0n) is 9.74. The third kappa shape index (κ3) is 4.34. The summed E-state index contributed by atoms with van der Waals surface area (Å²) < 4.78 is 0. The Morgan fingerprint density at radius 2 is 1.73 bits per heavy atom. The van der Waals surface area contributed by atoms with E-state index in [1.54, 1.807) is 0 Å². The van der Waals surface area contributed by atoms with E-state index in [4.69, 9.17) is 11.5 Å². The molecule has 0 amide bonds. The first-order valence-electron chi connectivity index (χ1n) is 5.69. The van der Waals surface area contributed by atoms with Crippen LogP contribution in [0, 0.1) is 5.92 Å². The number of benzene rings is 1. The van der Waals surface area contributed by atoms with Crippen molar-refractivity contribution in [1.82, 2.24) is 0 Å². The van der Waals surface area contributed by atoms with Crippen molar-refractivity contribution in [3.8, 4) is 0 Å². The Morgan fingerprint density at radius 3 is 2.27 bits per heavy atom. The third-order valence-electron chi connectivity index (χ3n) is 2.84. The largest absolute Gasteiger partial charge is 0.399 e. The quantitative estimate of drug-likeness (QED) is 0.727. The van der Waals surface area contributed by atoms with Gasteiger partial charge in [-0.15, -0.1) is 0 Å². The Kier molecular flexibility index (Phi) is 4.63. The van der Waals surface area contributed by atoms with Crippen LogP contribution in [0.5, 0.6) is 0 Å². The van der Waals surface area contributed by atoms with Crippen LogP contribution in [0.1, 0.15) is 32.3 Å². The van der Waals surface area contributed by atoms with E-state index in [1.807, 2.05) is 12.1 Å². The number of hydrogen-bond donors (Lipinski definition) is 2. The second-order valence-corrected chi connectivity index (χ2v) is 4.54. The summed E-state index contributed by atoms with van der Waals surface area (Å²) in [6, 6.07) is 8.43. The number of hydrogen-bond acceptors (Lipinski definition) is 2. The highest BCUT2D eigenvalue weighted by Gasteiger charge is 2.06. The maximum absolute atomic E-state index is 5.98. The van der Waals surface area contributed by atoms with E-state index < -0.39 is 0 Å². The number of nitrogen functional groups attached to an aromatic ring is 1. The fraction of sp³-hybridized carbons (Fsp3) is 0.538. The first-order valence-corrected chi connectivity index (χ1v) is 5.69. The monoisotopic (exact) mass is 206 g/mol. The highest BCUT2D eigenvalue weighted by molar-refractivity contribution is 5.39. The van der Waals surface area contributed by atoms with Gasteiger partial charge >= 0.3 is 0 Å². The molecule has 1 unspecified atom stereocenters. The Balaban J connectivity index is 2.29. The van der Waals surface area contributed by atoms with Crippen molar-refractivity contribution < 1.29 is 0 Å². The van der Waals surface area contributed by atoms with Crippen LogP contribution in [-0.2, 0) is 6.42 Å². The van der Waals surface area contributed by atoms with Crippen LogP contribution in [-0.4, -0.2) is 6.04 Å². The van der Waals surface area contributed by atoms with Crippen molar-refractivity contribution in [3.05, 3.63) is 29.8 Å². The number of nitrogens with two attached hydrogens (primary N) is 2. The van der Waals surface area contributed by atoms with Gasteiger partial charge in [0.25, 0.3) is 0 Å². The summed E-state index contributed by atoms with van der Waals surface area (Å²) in [5.41, 5.74) is 13.8. The molecule has 2 nitrogen and oxygen atoms in total. The van der Waals surface area contributed by atoms with Gasteiger partial charge in [-0.2, -0.15) is 0 Å². The molecule has 0 spiro atoms. The summed E-state index contributed by atoms with van der Waals surface area (Å²) in [6.07, 6.45) is 3.35. The molecule has 0 fully saturated rings. The summed E-state index contributed by atoms with van der Waals surface area (Å²) in [5.74, 6) is 0.580. The molecule has 1 aromatic carbocycles. The Hall–Kier alpha value is -1.02. The predicted octanol–water partition coefficient (Wildman–Crippen LogP) is 2.57. The van der Waals surface area contributed by atoms with Crippen LogP contribution in [0.2, 0.25) is 0 Å². The zero-order chi connectivity index (χ0) is 11.3. The van der Waals surface area contributed by atoms with Crippen LogP contribution >= 0.6 is 0 Å². The molecule has 0 bridgehead atoms. The molecule has 84 valence electrons. The first-order chi connectivity index (χ1) is 7.09. The van der Waals surface area contributed by atoms with Gasteiger partial charge in [-0.05, 0) is 42.9 Å². The van der Waals surface area contributed by atoms with Crippen molar-refractivity contribution in [2.45, 2.75) is 39.2 Å². The second-order valence-electron chi connectivity index (χ2n) is 4.54. The second kappa shape index (κ2) is 5.76. The van der Waals surface area contributed by atoms with Gasteiger partial charge < -0.3 is 11.5 Å². The van der Waals surface area contributed by atoms with Crippen molar-refractivity contribution in [3.63, 3.8) is 0 Å². The van der Waals surface area contributed by atoms with Gasteiger partial charge in [0, 0.05) is 11.7 Å². The van der Waals surface area contributed by atoms with Crippen molar-refractivity contribution in [2.24, 2.45) is 11.7 Å². The summed E-state index contributed by atoms with van der Waals surface area (Å²) in [5, 5.41) is 0. The molecule has 4 N–H and O–H groups in total. The molecular weight excluding hydrogens is 184 g/mol. The SMILES string of the molecule is CC(C)C(N)CCCc1ccc(N)cc1. The highest BCUT2D eigenvalue weighted by Crippen LogP contribution is 2.11. The lowest BCUT2D eigenvalue weighted by molar-refractivity contribution is 0.452. The van der Waals surface area contributed by atoms with Crippen LogP contribution < -0.4 is 11.5 Å². The average Bonchev–Trinajstić information content (AvgIpc) is 2.20. The lowest BCUT2D eigenvalue weighted by Gasteiger charge is -2.14. The Labute approximate surface area is 92.7 Å². The van der Waals surface area contributed by atoms with E-state index in [0.29, 0.717) is 12.0 Å². The van der Waals surface area contributed by atoms with Gasteiger partial charge in [0.15, 0.2) is 0 Å². The van der Waals surface area contributed by atoms with E-state index >= 15 is 0 Å². The smallest absolute Gasteiger partial charge is 0.0314 e. The van der Waals surface area contributed by atoms with E-state index in [1.165, 1.54) is 5.56 Å². The molecule has 0 heterocycles. The molecule has 2 heteroatoms. The summed E-state index contributed by atoms with van der Waals surface area (Å²) in [7, 11) is 0. The molecule has 0 saturated heterocycles. The van der Waals surface area contributed by atoms with Crippen LogP contribution in [0.3, 0.4) is 0 Å². The summed E-state index contributed by atoms with van der Waals surface area (Å²) in [6.45, 7) is 4.35. The van der Waals surface area contributed by atoms with Crippen LogP contribution in [0.25, 0.3) is 0 Å². The normalized spacial score (nSPS) is 13.1. The molecule has 0 saturated carbocycles. The fourth-order valence-corrected chi connectivity index (χ4v) is 1.56. The van der Waals surface area contributed by atoms with Gasteiger partial charge in [0.05, 0.1) is 0 Å². The minimum Gasteiger partial charge on any atom is -0.399 e. The molecule has 0 radical (unpaired) electrons. The molecule has 0 aromatic heterocycles. The van der Waals surface area contributed by atoms with Gasteiger partial charge in [0.2, 0.25) is 0 Å². The lowest BCUT2D eigenvalue weighted by atomic mass is 9.98. The molecule has 0 aliphatic heterocycles. The Bertz CT molecular complexity index is 277. The Morgan fingerprint density at radius 1 is 1.13 bits per heavy atom. The zero-order valence-corrected chi connectivity index (χ0v) is 9.74. The molecular formula is C13H22N2. The van der Waals surface area contributed by atoms with Crippen molar-refractivity contribution in [2.75, 3.05) is 5.73 Å². The van der Waals surface area contributed by atoms with Gasteiger partial charge in [-0.25, -0.2) is 0 Å². The molecule has 0 aliphatic rings. The van der Waals surface area contributed by atoms with Crippen LogP contribution in [0.15, 0.2) is 24.3 Å². The highest BCUT2D eigenvalue weighted by atomic mass is 14.6. The number of aryl methyl sites for hydroxylation is 1. The molecule has 1 aromatic rings. The molecule has 0 aliphatic carbocycles. The maximum Gasteiger partial charge on any atom is 0.0314 e. The maximum atomic E-state index is 5.98. The van der Waals surface area contributed by atoms with Gasteiger partial charge in [-0.1, -0.05) is 26.0 Å². The van der Waals surface area contributed by atoms with Gasteiger partial charge in [0.1, 0.15) is 0 Å². The van der Waals surface area contributed by atoms with Gasteiger partial charge in [-0.3, -0.25) is 0 Å². The van der Waals surface area contributed by atoms with Crippen LogP contribution in [0.4, 0.5) is 5.69 Å². The van der Waals surface area contributed by atoms with Crippen molar-refractivity contribution >= 4 is 5.69 Å². The molecule has 1 atom stereocenters. The molecule has 15 heavy (non-hydrogen) atoms. The van der Waals surface area contributed by atoms with Crippen molar-refractivity contribution in [1.29, 1.82) is 0 Å². The fourth-order valence-electron chi connectivity index (χ4n) is 1.56. The van der Waals surface area contributed by atoms with E-state index in [9.17, 15) is 0 Å². The predicted molar refractivity (Wildman–Crippen MR) is 66.6 cm³/mol. The third-order valence-corrected chi connectivity index (χ3v) is 2.84. The first kappa shape index (κ1) is 12.1. The number of rotatable bonds is 5. The minimum absolute atomic E-state index is 0.332. The lowest BCUT2D eigenvalue weighted by Crippen LogP contribution is -2.26. The topological polar surface area (TPSA) is 52.0 Å². The average molecular weight is 206 g/mol. The number of anilines is 1.